The molecule has 0 atom stereocenters. The van der Waals surface area contributed by atoms with E-state index in [1.165, 1.54) is 7.11 Å². The molecule has 4 heteroatoms. The van der Waals surface area contributed by atoms with E-state index in [1.807, 2.05) is 38.1 Å². The van der Waals surface area contributed by atoms with Gasteiger partial charge in [0.25, 0.3) is 0 Å². The first-order valence-corrected chi connectivity index (χ1v) is 6.76. The van der Waals surface area contributed by atoms with E-state index in [4.69, 9.17) is 9.47 Å². The number of phenolic OH excluding ortho intramolecular Hbond substituents is 1. The van der Waals surface area contributed by atoms with Gasteiger partial charge in [-0.15, -0.1) is 0 Å². The Morgan fingerprint density at radius 3 is 2.67 bits per heavy atom. The largest absolute Gasteiger partial charge is 0.504 e. The number of ether oxygens (including phenoxy) is 2. The number of aromatic hydroxyl groups is 1. The maximum atomic E-state index is 9.55. The summed E-state index contributed by atoms with van der Waals surface area (Å²) in [5.41, 5.74) is 1.65. The van der Waals surface area contributed by atoms with Gasteiger partial charge in [0, 0.05) is 12.3 Å². The predicted octanol–water partition coefficient (Wildman–Crippen LogP) is 3.94. The van der Waals surface area contributed by atoms with E-state index < -0.39 is 0 Å². The van der Waals surface area contributed by atoms with E-state index in [-0.39, 0.29) is 11.9 Å². The molecule has 0 saturated carbocycles. The number of benzene rings is 2. The van der Waals surface area contributed by atoms with E-state index >= 15 is 0 Å². The van der Waals surface area contributed by atoms with Gasteiger partial charge in [-0.2, -0.15) is 0 Å². The summed E-state index contributed by atoms with van der Waals surface area (Å²) in [6.45, 7) is 3.97. The molecule has 0 saturated heterocycles. The zero-order valence-corrected chi connectivity index (χ0v) is 12.4. The van der Waals surface area contributed by atoms with Crippen molar-refractivity contribution >= 4 is 11.9 Å². The van der Waals surface area contributed by atoms with Crippen molar-refractivity contribution in [2.75, 3.05) is 7.11 Å². The molecule has 0 aliphatic carbocycles. The van der Waals surface area contributed by atoms with Crippen molar-refractivity contribution in [2.45, 2.75) is 20.0 Å². The van der Waals surface area contributed by atoms with E-state index in [9.17, 15) is 5.11 Å². The lowest BCUT2D eigenvalue weighted by Gasteiger charge is -2.09. The molecule has 4 nitrogen and oxygen atoms in total. The highest BCUT2D eigenvalue weighted by Crippen LogP contribution is 2.26. The number of hydrogen-bond donors (Lipinski definition) is 1. The lowest BCUT2D eigenvalue weighted by Crippen LogP contribution is -2.04. The molecule has 0 bridgehead atoms. The van der Waals surface area contributed by atoms with Gasteiger partial charge in [0.1, 0.15) is 5.75 Å². The zero-order valence-electron chi connectivity index (χ0n) is 12.4. The smallest absolute Gasteiger partial charge is 0.161 e. The van der Waals surface area contributed by atoms with Crippen LogP contribution < -0.4 is 9.47 Å². The number of rotatable bonds is 5. The Kier molecular flexibility index (Phi) is 4.82. The predicted molar refractivity (Wildman–Crippen MR) is 84.1 cm³/mol. The Bertz CT molecular complexity index is 636. The monoisotopic (exact) mass is 285 g/mol. The van der Waals surface area contributed by atoms with Gasteiger partial charge in [0.2, 0.25) is 0 Å². The van der Waals surface area contributed by atoms with Crippen molar-refractivity contribution in [3.8, 4) is 17.2 Å². The van der Waals surface area contributed by atoms with Gasteiger partial charge < -0.3 is 14.6 Å². The Labute approximate surface area is 124 Å². The fourth-order valence-corrected chi connectivity index (χ4v) is 1.83. The van der Waals surface area contributed by atoms with Crippen LogP contribution in [-0.4, -0.2) is 24.5 Å². The van der Waals surface area contributed by atoms with Crippen molar-refractivity contribution in [1.29, 1.82) is 0 Å². The normalized spacial score (nSPS) is 11.0. The molecule has 21 heavy (non-hydrogen) atoms. The van der Waals surface area contributed by atoms with Crippen LogP contribution in [-0.2, 0) is 0 Å². The molecule has 110 valence electrons. The molecule has 0 fully saturated rings. The van der Waals surface area contributed by atoms with Crippen molar-refractivity contribution in [3.05, 3.63) is 48.0 Å². The molecular formula is C17H19NO3. The second-order valence-electron chi connectivity index (χ2n) is 4.85. The zero-order chi connectivity index (χ0) is 15.2. The second kappa shape index (κ2) is 6.79. The average Bonchev–Trinajstić information content (AvgIpc) is 2.46. The van der Waals surface area contributed by atoms with Crippen LogP contribution in [0.15, 0.2) is 47.5 Å². The van der Waals surface area contributed by atoms with Crippen LogP contribution in [0.2, 0.25) is 0 Å². The molecule has 0 radical (unpaired) electrons. The van der Waals surface area contributed by atoms with Crippen LogP contribution in [0.4, 0.5) is 5.69 Å². The summed E-state index contributed by atoms with van der Waals surface area (Å²) in [4.78, 5) is 4.41. The summed E-state index contributed by atoms with van der Waals surface area (Å²) < 4.78 is 10.7. The van der Waals surface area contributed by atoms with Crippen molar-refractivity contribution in [2.24, 2.45) is 4.99 Å². The third kappa shape index (κ3) is 4.24. The molecule has 0 amide bonds. The van der Waals surface area contributed by atoms with E-state index in [0.29, 0.717) is 5.75 Å². The van der Waals surface area contributed by atoms with Crippen LogP contribution in [0.1, 0.15) is 19.4 Å². The minimum absolute atomic E-state index is 0.113. The minimum atomic E-state index is 0.113. The Hall–Kier alpha value is -2.49. The summed E-state index contributed by atoms with van der Waals surface area (Å²) in [5.74, 6) is 1.33. The molecule has 0 aliphatic rings. The SMILES string of the molecule is COc1cc(C=Nc2cccc(OC(C)C)c2)ccc1O. The van der Waals surface area contributed by atoms with Crippen LogP contribution >= 0.6 is 0 Å². The maximum Gasteiger partial charge on any atom is 0.161 e. The van der Waals surface area contributed by atoms with Crippen LogP contribution in [0, 0.1) is 0 Å². The first kappa shape index (κ1) is 14.9. The summed E-state index contributed by atoms with van der Waals surface area (Å²) >= 11 is 0. The molecule has 0 aromatic heterocycles. The maximum absolute atomic E-state index is 9.55. The third-order valence-electron chi connectivity index (χ3n) is 2.76. The van der Waals surface area contributed by atoms with Gasteiger partial charge in [-0.1, -0.05) is 6.07 Å². The van der Waals surface area contributed by atoms with Crippen LogP contribution in [0.3, 0.4) is 0 Å². The highest BCUT2D eigenvalue weighted by Gasteiger charge is 2.01. The van der Waals surface area contributed by atoms with Crippen molar-refractivity contribution < 1.29 is 14.6 Å². The molecule has 0 spiro atoms. The topological polar surface area (TPSA) is 51.0 Å². The highest BCUT2D eigenvalue weighted by molar-refractivity contribution is 5.83. The number of nitrogens with zero attached hydrogens (tertiary/aromatic N) is 1. The van der Waals surface area contributed by atoms with Crippen LogP contribution in [0.5, 0.6) is 17.2 Å². The lowest BCUT2D eigenvalue weighted by atomic mass is 10.2. The minimum Gasteiger partial charge on any atom is -0.504 e. The first-order valence-electron chi connectivity index (χ1n) is 6.76. The molecular weight excluding hydrogens is 266 g/mol. The van der Waals surface area contributed by atoms with Gasteiger partial charge >= 0.3 is 0 Å². The Morgan fingerprint density at radius 1 is 1.14 bits per heavy atom. The molecule has 1 N–H and O–H groups in total. The van der Waals surface area contributed by atoms with Gasteiger partial charge in [0.05, 0.1) is 18.9 Å². The quantitative estimate of drug-likeness (QED) is 0.847. The first-order chi connectivity index (χ1) is 10.1. The number of phenols is 1. The Morgan fingerprint density at radius 2 is 1.95 bits per heavy atom. The molecule has 2 aromatic carbocycles. The molecule has 2 rings (SSSR count). The number of methoxy groups -OCH3 is 1. The summed E-state index contributed by atoms with van der Waals surface area (Å²) in [5, 5.41) is 9.55. The van der Waals surface area contributed by atoms with Gasteiger partial charge in [-0.05, 0) is 49.7 Å². The summed E-state index contributed by atoms with van der Waals surface area (Å²) in [7, 11) is 1.52. The summed E-state index contributed by atoms with van der Waals surface area (Å²) in [6, 6.07) is 12.7. The third-order valence-corrected chi connectivity index (χ3v) is 2.76. The van der Waals surface area contributed by atoms with E-state index in [0.717, 1.165) is 17.0 Å². The van der Waals surface area contributed by atoms with E-state index in [2.05, 4.69) is 4.99 Å². The van der Waals surface area contributed by atoms with Gasteiger partial charge in [0.15, 0.2) is 11.5 Å². The van der Waals surface area contributed by atoms with E-state index in [1.54, 1.807) is 24.4 Å². The van der Waals surface area contributed by atoms with Crippen molar-refractivity contribution in [3.63, 3.8) is 0 Å². The molecule has 0 unspecified atom stereocenters. The standard InChI is InChI=1S/C17H19NO3/c1-12(2)21-15-6-4-5-14(10-15)18-11-13-7-8-16(19)17(9-13)20-3/h4-12,19H,1-3H3. The van der Waals surface area contributed by atoms with Crippen LogP contribution in [0.25, 0.3) is 0 Å². The Balaban J connectivity index is 2.17. The van der Waals surface area contributed by atoms with Gasteiger partial charge in [-0.25, -0.2) is 0 Å². The molecule has 0 heterocycles. The summed E-state index contributed by atoms with van der Waals surface area (Å²) in [6.07, 6.45) is 1.85. The number of aliphatic imine (C=N–C) groups is 1. The van der Waals surface area contributed by atoms with Gasteiger partial charge in [-0.3, -0.25) is 4.99 Å². The van der Waals surface area contributed by atoms with Crippen molar-refractivity contribution in [1.82, 2.24) is 0 Å². The number of hydrogen-bond acceptors (Lipinski definition) is 4. The second-order valence-corrected chi connectivity index (χ2v) is 4.85. The molecule has 2 aromatic rings. The fourth-order valence-electron chi connectivity index (χ4n) is 1.83. The lowest BCUT2D eigenvalue weighted by molar-refractivity contribution is 0.242. The molecule has 0 aliphatic heterocycles. The fraction of sp³-hybridized carbons (Fsp3) is 0.235. The highest BCUT2D eigenvalue weighted by atomic mass is 16.5. The average molecular weight is 285 g/mol.